The van der Waals surface area contributed by atoms with E-state index in [9.17, 15) is 9.18 Å². The van der Waals surface area contributed by atoms with Crippen LogP contribution in [0.3, 0.4) is 0 Å². The molecule has 0 aliphatic carbocycles. The van der Waals surface area contributed by atoms with Gasteiger partial charge >= 0.3 is 0 Å². The second-order valence-electron chi connectivity index (χ2n) is 6.71. The largest absolute Gasteiger partial charge is 0.497 e. The molecule has 3 aromatic rings. The highest BCUT2D eigenvalue weighted by molar-refractivity contribution is 7.22. The van der Waals surface area contributed by atoms with Crippen LogP contribution in [0.15, 0.2) is 42.5 Å². The molecule has 5 nitrogen and oxygen atoms in total. The van der Waals surface area contributed by atoms with Gasteiger partial charge in [-0.1, -0.05) is 37.3 Å². The van der Waals surface area contributed by atoms with Gasteiger partial charge in [0.2, 0.25) is 5.91 Å². The van der Waals surface area contributed by atoms with Crippen molar-refractivity contribution >= 4 is 45.0 Å². The van der Waals surface area contributed by atoms with Gasteiger partial charge in [-0.3, -0.25) is 9.69 Å². The maximum absolute atomic E-state index is 13.2. The number of anilines is 1. The molecule has 0 atom stereocenters. The predicted molar refractivity (Wildman–Crippen MR) is 124 cm³/mol. The van der Waals surface area contributed by atoms with E-state index in [0.29, 0.717) is 11.7 Å². The molecule has 0 fully saturated rings. The van der Waals surface area contributed by atoms with Gasteiger partial charge in [0.1, 0.15) is 11.6 Å². The Labute approximate surface area is 186 Å². The van der Waals surface area contributed by atoms with Gasteiger partial charge in [0.15, 0.2) is 5.13 Å². The van der Waals surface area contributed by atoms with E-state index >= 15 is 0 Å². The summed E-state index contributed by atoms with van der Waals surface area (Å²) in [5.74, 6) is 0.412. The minimum Gasteiger partial charge on any atom is -0.497 e. The number of amides is 1. The smallest absolute Gasteiger partial charge is 0.233 e. The first-order chi connectivity index (χ1) is 14.0. The van der Waals surface area contributed by atoms with Crippen molar-refractivity contribution in [1.82, 2.24) is 9.88 Å². The monoisotopic (exact) mass is 451 g/mol. The number of fused-ring (bicyclic) bond motifs is 1. The number of benzene rings is 2. The lowest BCUT2D eigenvalue weighted by atomic mass is 10.1. The number of halogens is 2. The lowest BCUT2D eigenvalue weighted by Gasteiger charge is -2.24. The topological polar surface area (TPSA) is 45.7 Å². The molecule has 0 aliphatic heterocycles. The Kier molecular flexibility index (Phi) is 9.02. The van der Waals surface area contributed by atoms with Crippen LogP contribution in [-0.4, -0.2) is 49.1 Å². The zero-order valence-electron chi connectivity index (χ0n) is 17.4. The Hall–Kier alpha value is -2.22. The molecule has 0 saturated heterocycles. The summed E-state index contributed by atoms with van der Waals surface area (Å²) in [5.41, 5.74) is 1.63. The van der Waals surface area contributed by atoms with Gasteiger partial charge in [0.05, 0.1) is 23.7 Å². The summed E-state index contributed by atoms with van der Waals surface area (Å²) >= 11 is 1.48. The molecule has 0 aliphatic rings. The first-order valence-electron chi connectivity index (χ1n) is 9.75. The van der Waals surface area contributed by atoms with Crippen LogP contribution in [0.25, 0.3) is 10.2 Å². The Morgan fingerprint density at radius 1 is 1.10 bits per heavy atom. The minimum atomic E-state index is -0.306. The van der Waals surface area contributed by atoms with Crippen LogP contribution < -0.4 is 9.64 Å². The second-order valence-corrected chi connectivity index (χ2v) is 7.71. The highest BCUT2D eigenvalue weighted by Gasteiger charge is 2.21. The fourth-order valence-electron chi connectivity index (χ4n) is 3.12. The van der Waals surface area contributed by atoms with Gasteiger partial charge in [-0.15, -0.1) is 12.4 Å². The average Bonchev–Trinajstić information content (AvgIpc) is 3.15. The van der Waals surface area contributed by atoms with E-state index in [1.165, 1.54) is 23.5 Å². The number of carbonyl (C=O) groups is 1. The summed E-state index contributed by atoms with van der Waals surface area (Å²) in [6.45, 7) is 7.39. The summed E-state index contributed by atoms with van der Waals surface area (Å²) in [6.07, 6.45) is 0.206. The molecule has 1 heterocycles. The number of methoxy groups -OCH3 is 1. The van der Waals surface area contributed by atoms with Crippen LogP contribution in [0.2, 0.25) is 0 Å². The van der Waals surface area contributed by atoms with Crippen LogP contribution in [0.5, 0.6) is 5.75 Å². The Balaban J connectivity index is 0.00000320. The molecule has 0 unspecified atom stereocenters. The SMILES string of the molecule is CCN(CC)CCN(C(=O)Cc1ccc(F)cc1)c1nc2ccc(OC)cc2s1.Cl. The molecule has 0 bridgehead atoms. The Morgan fingerprint density at radius 2 is 1.80 bits per heavy atom. The van der Waals surface area contributed by atoms with Gasteiger partial charge in [0, 0.05) is 13.1 Å². The van der Waals surface area contributed by atoms with Gasteiger partial charge in [0.25, 0.3) is 0 Å². The second kappa shape index (κ2) is 11.2. The molecule has 8 heteroatoms. The third kappa shape index (κ3) is 5.90. The fraction of sp³-hybridized carbons (Fsp3) is 0.364. The molecular weight excluding hydrogens is 425 g/mol. The number of rotatable bonds is 9. The van der Waals surface area contributed by atoms with Crippen molar-refractivity contribution in [2.24, 2.45) is 0 Å². The van der Waals surface area contributed by atoms with Crippen LogP contribution in [0.4, 0.5) is 9.52 Å². The van der Waals surface area contributed by atoms with E-state index in [-0.39, 0.29) is 30.6 Å². The highest BCUT2D eigenvalue weighted by atomic mass is 35.5. The third-order valence-electron chi connectivity index (χ3n) is 4.92. The molecular formula is C22H27ClFN3O2S. The maximum Gasteiger partial charge on any atom is 0.233 e. The Bertz CT molecular complexity index is 961. The number of ether oxygens (including phenoxy) is 1. The number of aromatic nitrogens is 1. The average molecular weight is 452 g/mol. The normalized spacial score (nSPS) is 10.8. The number of hydrogen-bond donors (Lipinski definition) is 0. The summed E-state index contributed by atoms with van der Waals surface area (Å²) < 4.78 is 19.5. The first-order valence-corrected chi connectivity index (χ1v) is 10.6. The first kappa shape index (κ1) is 24.1. The molecule has 30 heavy (non-hydrogen) atoms. The van der Waals surface area contributed by atoms with E-state index in [1.54, 1.807) is 24.1 Å². The van der Waals surface area contributed by atoms with E-state index in [0.717, 1.165) is 41.2 Å². The molecule has 3 rings (SSSR count). The summed E-state index contributed by atoms with van der Waals surface area (Å²) in [7, 11) is 1.63. The molecule has 1 aromatic heterocycles. The highest BCUT2D eigenvalue weighted by Crippen LogP contribution is 2.31. The lowest BCUT2D eigenvalue weighted by molar-refractivity contribution is -0.118. The van der Waals surface area contributed by atoms with Crippen LogP contribution >= 0.6 is 23.7 Å². The fourth-order valence-corrected chi connectivity index (χ4v) is 4.15. The van der Waals surface area contributed by atoms with Crippen molar-refractivity contribution < 1.29 is 13.9 Å². The van der Waals surface area contributed by atoms with Crippen LogP contribution in [-0.2, 0) is 11.2 Å². The van der Waals surface area contributed by atoms with E-state index in [2.05, 4.69) is 23.7 Å². The van der Waals surface area contributed by atoms with Crippen molar-refractivity contribution in [3.63, 3.8) is 0 Å². The number of carbonyl (C=O) groups excluding carboxylic acids is 1. The van der Waals surface area contributed by atoms with Crippen LogP contribution in [0, 0.1) is 5.82 Å². The quantitative estimate of drug-likeness (QED) is 0.469. The predicted octanol–water partition coefficient (Wildman–Crippen LogP) is 4.78. The molecule has 0 N–H and O–H groups in total. The van der Waals surface area contributed by atoms with Crippen molar-refractivity contribution in [3.8, 4) is 5.75 Å². The zero-order valence-corrected chi connectivity index (χ0v) is 19.1. The number of hydrogen-bond acceptors (Lipinski definition) is 5. The molecule has 1 amide bonds. The van der Waals surface area contributed by atoms with Crippen molar-refractivity contribution in [1.29, 1.82) is 0 Å². The summed E-state index contributed by atoms with van der Waals surface area (Å²) in [6, 6.07) is 11.8. The zero-order chi connectivity index (χ0) is 20.8. The molecule has 0 saturated carbocycles. The van der Waals surface area contributed by atoms with Gasteiger partial charge in [-0.05, 0) is 49.0 Å². The van der Waals surface area contributed by atoms with Crippen molar-refractivity contribution in [2.45, 2.75) is 20.3 Å². The molecule has 2 aromatic carbocycles. The minimum absolute atomic E-state index is 0. The van der Waals surface area contributed by atoms with E-state index < -0.39 is 0 Å². The van der Waals surface area contributed by atoms with E-state index in [1.807, 2.05) is 18.2 Å². The van der Waals surface area contributed by atoms with E-state index in [4.69, 9.17) is 4.74 Å². The summed E-state index contributed by atoms with van der Waals surface area (Å²) in [4.78, 5) is 21.8. The number of thiazole rings is 1. The van der Waals surface area contributed by atoms with Gasteiger partial charge in [-0.25, -0.2) is 9.37 Å². The maximum atomic E-state index is 13.2. The third-order valence-corrected chi connectivity index (χ3v) is 5.96. The standard InChI is InChI=1S/C22H26FN3O2S.ClH/c1-4-25(5-2)12-13-26(21(27)14-16-6-8-17(23)9-7-16)22-24-19-11-10-18(28-3)15-20(19)29-22;/h6-11,15H,4-5,12-14H2,1-3H3;1H. The molecule has 162 valence electrons. The Morgan fingerprint density at radius 3 is 2.43 bits per heavy atom. The van der Waals surface area contributed by atoms with Crippen molar-refractivity contribution in [3.05, 3.63) is 53.8 Å². The number of nitrogens with zero attached hydrogens (tertiary/aromatic N) is 3. The van der Waals surface area contributed by atoms with Crippen molar-refractivity contribution in [2.75, 3.05) is 38.2 Å². The number of likely N-dealkylation sites (N-methyl/N-ethyl adjacent to an activating group) is 1. The van der Waals surface area contributed by atoms with Gasteiger partial charge in [-0.2, -0.15) is 0 Å². The molecule has 0 spiro atoms. The summed E-state index contributed by atoms with van der Waals surface area (Å²) in [5, 5.41) is 0.674. The molecule has 0 radical (unpaired) electrons. The lowest BCUT2D eigenvalue weighted by Crippen LogP contribution is -2.39. The van der Waals surface area contributed by atoms with Gasteiger partial charge < -0.3 is 9.64 Å². The van der Waals surface area contributed by atoms with Crippen LogP contribution in [0.1, 0.15) is 19.4 Å².